The van der Waals surface area contributed by atoms with Gasteiger partial charge in [-0.25, -0.2) is 16.8 Å². The molecule has 0 aliphatic heterocycles. The lowest BCUT2D eigenvalue weighted by atomic mass is 10.2. The fourth-order valence-corrected chi connectivity index (χ4v) is 3.96. The summed E-state index contributed by atoms with van der Waals surface area (Å²) in [5.41, 5.74) is 0.340. The van der Waals surface area contributed by atoms with E-state index in [1.165, 1.54) is 24.3 Å². The van der Waals surface area contributed by atoms with Crippen molar-refractivity contribution in [2.45, 2.75) is 9.79 Å². The van der Waals surface area contributed by atoms with Gasteiger partial charge in [0.25, 0.3) is 10.0 Å². The van der Waals surface area contributed by atoms with E-state index in [1.54, 1.807) is 18.2 Å². The summed E-state index contributed by atoms with van der Waals surface area (Å²) in [4.78, 5) is -0.0884. The highest BCUT2D eigenvalue weighted by Crippen LogP contribution is 2.31. The highest BCUT2D eigenvalue weighted by atomic mass is 35.5. The molecule has 0 saturated carbocycles. The largest absolute Gasteiger partial charge is 0.354 e. The number of fused-ring (bicyclic) bond motifs is 1. The zero-order valence-corrected chi connectivity index (χ0v) is 14.6. The summed E-state index contributed by atoms with van der Waals surface area (Å²) in [6.07, 6.45) is 1.04. The fraction of sp³-hybridized carbons (Fsp3) is 0.0714. The van der Waals surface area contributed by atoms with E-state index in [1.807, 2.05) is 0 Å². The molecule has 0 unspecified atom stereocenters. The van der Waals surface area contributed by atoms with Gasteiger partial charge >= 0.3 is 0 Å². The van der Waals surface area contributed by atoms with Gasteiger partial charge in [0.2, 0.25) is 0 Å². The minimum Gasteiger partial charge on any atom is -0.354 e. The van der Waals surface area contributed by atoms with Crippen molar-refractivity contribution in [1.29, 1.82) is 0 Å². The van der Waals surface area contributed by atoms with E-state index in [2.05, 4.69) is 9.88 Å². The molecule has 10 heteroatoms. The second-order valence-corrected chi connectivity index (χ2v) is 9.10. The van der Waals surface area contributed by atoms with Crippen LogP contribution >= 0.6 is 11.6 Å². The summed E-state index contributed by atoms with van der Waals surface area (Å²) in [5.74, 6) is -0.0391. The van der Waals surface area contributed by atoms with E-state index in [0.29, 0.717) is 16.0 Å². The summed E-state index contributed by atoms with van der Waals surface area (Å²) in [5, 5.41) is 4.31. The molecule has 1 N–H and O–H groups in total. The molecule has 0 amide bonds. The topological polar surface area (TPSA) is 106 Å². The van der Waals surface area contributed by atoms with Crippen molar-refractivity contribution >= 4 is 48.2 Å². The van der Waals surface area contributed by atoms with Gasteiger partial charge in [-0.2, -0.15) is 0 Å². The molecule has 1 heterocycles. The van der Waals surface area contributed by atoms with E-state index in [9.17, 15) is 16.8 Å². The predicted octanol–water partition coefficient (Wildman–Crippen LogP) is 2.69. The van der Waals surface area contributed by atoms with Gasteiger partial charge in [0, 0.05) is 6.26 Å². The van der Waals surface area contributed by atoms with Crippen LogP contribution in [0.5, 0.6) is 0 Å². The van der Waals surface area contributed by atoms with Gasteiger partial charge in [-0.3, -0.25) is 4.72 Å². The highest BCUT2D eigenvalue weighted by Gasteiger charge is 2.20. The molecule has 3 rings (SSSR count). The molecule has 2 aromatic carbocycles. The van der Waals surface area contributed by atoms with Crippen LogP contribution in [0.4, 0.5) is 5.82 Å². The Kier molecular flexibility index (Phi) is 4.02. The molecule has 1 aromatic heterocycles. The smallest absolute Gasteiger partial charge is 0.263 e. The van der Waals surface area contributed by atoms with Gasteiger partial charge in [0.05, 0.1) is 20.2 Å². The maximum atomic E-state index is 12.4. The van der Waals surface area contributed by atoms with Crippen molar-refractivity contribution in [3.8, 4) is 0 Å². The molecule has 126 valence electrons. The molecular formula is C14H11ClN2O5S2. The molecule has 0 atom stereocenters. The Bertz CT molecular complexity index is 1120. The zero-order valence-electron chi connectivity index (χ0n) is 12.2. The lowest BCUT2D eigenvalue weighted by Gasteiger charge is -2.06. The normalized spacial score (nSPS) is 12.4. The number of sulfonamides is 1. The lowest BCUT2D eigenvalue weighted by Crippen LogP contribution is -2.13. The van der Waals surface area contributed by atoms with E-state index < -0.39 is 19.9 Å². The van der Waals surface area contributed by atoms with E-state index in [-0.39, 0.29) is 15.6 Å². The van der Waals surface area contributed by atoms with Crippen LogP contribution in [0.15, 0.2) is 56.8 Å². The third-order valence-electron chi connectivity index (χ3n) is 3.24. The number of nitrogens with zero attached hydrogens (tertiary/aromatic N) is 1. The number of hydrogen-bond acceptors (Lipinski definition) is 6. The molecule has 0 saturated heterocycles. The third-order valence-corrected chi connectivity index (χ3v) is 6.04. The lowest BCUT2D eigenvalue weighted by molar-refractivity contribution is 0.460. The molecule has 0 bridgehead atoms. The number of benzene rings is 2. The van der Waals surface area contributed by atoms with Crippen LogP contribution in [0.25, 0.3) is 11.0 Å². The summed E-state index contributed by atoms with van der Waals surface area (Å²) in [6, 6.07) is 9.67. The van der Waals surface area contributed by atoms with Crippen LogP contribution in [-0.4, -0.2) is 28.2 Å². The van der Waals surface area contributed by atoms with Crippen LogP contribution in [0.3, 0.4) is 0 Å². The first-order valence-electron chi connectivity index (χ1n) is 6.55. The van der Waals surface area contributed by atoms with E-state index in [4.69, 9.17) is 16.1 Å². The van der Waals surface area contributed by atoms with Crippen LogP contribution < -0.4 is 4.72 Å². The average Bonchev–Trinajstić information content (AvgIpc) is 2.90. The Balaban J connectivity index is 1.99. The Hall–Kier alpha value is -2.10. The van der Waals surface area contributed by atoms with Crippen LogP contribution in [0.2, 0.25) is 5.02 Å². The number of anilines is 1. The molecule has 0 radical (unpaired) electrons. The van der Waals surface area contributed by atoms with E-state index in [0.717, 1.165) is 6.26 Å². The molecular weight excluding hydrogens is 376 g/mol. The van der Waals surface area contributed by atoms with Gasteiger partial charge in [-0.1, -0.05) is 22.8 Å². The summed E-state index contributed by atoms with van der Waals surface area (Å²) < 4.78 is 55.0. The van der Waals surface area contributed by atoms with Crippen LogP contribution in [-0.2, 0) is 19.9 Å². The Morgan fingerprint density at radius 2 is 1.62 bits per heavy atom. The standard InChI is InChI=1S/C14H11ClN2O5S2/c1-23(18,19)9-5-7-10(8-6-9)24(20,21)17-14-13-11(15)3-2-4-12(13)22-16-14/h2-8H,1H3,(H,16,17). The van der Waals surface area contributed by atoms with Crippen LogP contribution in [0.1, 0.15) is 0 Å². The molecule has 0 aliphatic rings. The Labute approximate surface area is 143 Å². The van der Waals surface area contributed by atoms with Gasteiger partial charge in [-0.15, -0.1) is 0 Å². The number of nitrogens with one attached hydrogen (secondary N) is 1. The third kappa shape index (κ3) is 3.10. The number of halogens is 1. The van der Waals surface area contributed by atoms with Crippen molar-refractivity contribution in [3.63, 3.8) is 0 Å². The summed E-state index contributed by atoms with van der Waals surface area (Å²) >= 11 is 6.05. The quantitative estimate of drug-likeness (QED) is 0.738. The average molecular weight is 387 g/mol. The molecule has 7 nitrogen and oxygen atoms in total. The minimum absolute atomic E-state index is 0.0244. The first kappa shape index (κ1) is 16.7. The molecule has 24 heavy (non-hydrogen) atoms. The van der Waals surface area contributed by atoms with Gasteiger partial charge in [-0.05, 0) is 36.4 Å². The summed E-state index contributed by atoms with van der Waals surface area (Å²) in [6.45, 7) is 0. The maximum absolute atomic E-state index is 12.4. The van der Waals surface area contributed by atoms with E-state index >= 15 is 0 Å². The molecule has 0 spiro atoms. The first-order chi connectivity index (χ1) is 11.2. The molecule has 3 aromatic rings. The van der Waals surface area contributed by atoms with Crippen molar-refractivity contribution in [2.75, 3.05) is 11.0 Å². The van der Waals surface area contributed by atoms with Gasteiger partial charge in [0.1, 0.15) is 0 Å². The number of rotatable bonds is 4. The van der Waals surface area contributed by atoms with Crippen molar-refractivity contribution in [3.05, 3.63) is 47.5 Å². The Morgan fingerprint density at radius 3 is 2.25 bits per heavy atom. The van der Waals surface area contributed by atoms with Crippen LogP contribution in [0, 0.1) is 0 Å². The number of hydrogen-bond donors (Lipinski definition) is 1. The van der Waals surface area contributed by atoms with Gasteiger partial charge < -0.3 is 4.52 Å². The fourth-order valence-electron chi connectivity index (χ4n) is 2.07. The number of aromatic nitrogens is 1. The first-order valence-corrected chi connectivity index (χ1v) is 10.3. The zero-order chi connectivity index (χ0) is 17.5. The second-order valence-electron chi connectivity index (χ2n) is 4.99. The highest BCUT2D eigenvalue weighted by molar-refractivity contribution is 7.92. The molecule has 0 fully saturated rings. The minimum atomic E-state index is -3.98. The van der Waals surface area contributed by atoms with Crippen molar-refractivity contribution in [2.24, 2.45) is 0 Å². The SMILES string of the molecule is CS(=O)(=O)c1ccc(S(=O)(=O)Nc2noc3cccc(Cl)c23)cc1. The maximum Gasteiger partial charge on any atom is 0.263 e. The van der Waals surface area contributed by atoms with Gasteiger partial charge in [0.15, 0.2) is 21.2 Å². The number of sulfone groups is 1. The monoisotopic (exact) mass is 386 g/mol. The van der Waals surface area contributed by atoms with Crippen molar-refractivity contribution < 1.29 is 21.4 Å². The molecule has 0 aliphatic carbocycles. The second kappa shape index (κ2) is 5.76. The predicted molar refractivity (Wildman–Crippen MR) is 89.4 cm³/mol. The van der Waals surface area contributed by atoms with Crippen molar-refractivity contribution in [1.82, 2.24) is 5.16 Å². The summed E-state index contributed by atoms with van der Waals surface area (Å²) in [7, 11) is -7.39. The Morgan fingerprint density at radius 1 is 1.00 bits per heavy atom.